The molecule has 2 aliphatic rings. The van der Waals surface area contributed by atoms with Gasteiger partial charge in [-0.3, -0.25) is 9.79 Å². The predicted molar refractivity (Wildman–Crippen MR) is 145 cm³/mol. The minimum absolute atomic E-state index is 0.114. The molecule has 1 amide bonds. The molecular formula is C31H37N3O2. The second-order valence-electron chi connectivity index (χ2n) is 10.2. The van der Waals surface area contributed by atoms with E-state index in [1.165, 1.54) is 11.1 Å². The summed E-state index contributed by atoms with van der Waals surface area (Å²) in [4.78, 5) is 20.4. The number of amides is 1. The molecule has 2 saturated heterocycles. The Hall–Kier alpha value is -3.23. The van der Waals surface area contributed by atoms with E-state index in [1.54, 1.807) is 0 Å². The molecule has 0 spiro atoms. The van der Waals surface area contributed by atoms with E-state index in [2.05, 4.69) is 57.3 Å². The predicted octanol–water partition coefficient (Wildman–Crippen LogP) is 6.44. The quantitative estimate of drug-likeness (QED) is 0.460. The van der Waals surface area contributed by atoms with E-state index >= 15 is 0 Å². The van der Waals surface area contributed by atoms with Crippen molar-refractivity contribution >= 4 is 17.7 Å². The van der Waals surface area contributed by atoms with Gasteiger partial charge in [-0.15, -0.1) is 0 Å². The van der Waals surface area contributed by atoms with Crippen LogP contribution >= 0.6 is 0 Å². The number of aryl methyl sites for hydroxylation is 2. The van der Waals surface area contributed by atoms with Crippen LogP contribution in [0.15, 0.2) is 47.1 Å². The maximum atomic E-state index is 13.6. The fourth-order valence-electron chi connectivity index (χ4n) is 5.28. The van der Waals surface area contributed by atoms with Crippen molar-refractivity contribution < 1.29 is 9.53 Å². The lowest BCUT2D eigenvalue weighted by Crippen LogP contribution is -2.38. The summed E-state index contributed by atoms with van der Waals surface area (Å²) in [6, 6.07) is 14.3. The molecule has 2 aliphatic heterocycles. The molecule has 188 valence electrons. The molecule has 0 bridgehead atoms. The second-order valence-corrected chi connectivity index (χ2v) is 10.2. The van der Waals surface area contributed by atoms with Crippen LogP contribution in [0.5, 0.6) is 0 Å². The molecule has 2 heterocycles. The van der Waals surface area contributed by atoms with Crippen molar-refractivity contribution in [2.75, 3.05) is 26.3 Å². The highest BCUT2D eigenvalue weighted by Crippen LogP contribution is 2.31. The van der Waals surface area contributed by atoms with Gasteiger partial charge in [0.1, 0.15) is 0 Å². The van der Waals surface area contributed by atoms with Crippen molar-refractivity contribution in [2.24, 2.45) is 10.9 Å². The van der Waals surface area contributed by atoms with Crippen molar-refractivity contribution in [3.05, 3.63) is 75.5 Å². The molecule has 0 atom stereocenters. The Morgan fingerprint density at radius 2 is 1.64 bits per heavy atom. The zero-order valence-corrected chi connectivity index (χ0v) is 22.0. The summed E-state index contributed by atoms with van der Waals surface area (Å²) in [5, 5.41) is 9.04. The van der Waals surface area contributed by atoms with Gasteiger partial charge >= 0.3 is 0 Å². The number of hydrogen-bond donors (Lipinski definition) is 0. The molecule has 4 rings (SSSR count). The van der Waals surface area contributed by atoms with Crippen molar-refractivity contribution in [1.82, 2.24) is 4.90 Å². The molecule has 36 heavy (non-hydrogen) atoms. The summed E-state index contributed by atoms with van der Waals surface area (Å²) in [5.41, 5.74) is 8.12. The van der Waals surface area contributed by atoms with Gasteiger partial charge in [0.25, 0.3) is 5.91 Å². The van der Waals surface area contributed by atoms with E-state index in [1.807, 2.05) is 24.0 Å². The first-order valence-electron chi connectivity index (χ1n) is 13.1. The number of nitrogens with zero attached hydrogens (tertiary/aromatic N) is 3. The van der Waals surface area contributed by atoms with Crippen LogP contribution in [0, 0.1) is 31.1 Å². The Kier molecular flexibility index (Phi) is 8.38. The zero-order valence-electron chi connectivity index (χ0n) is 22.0. The maximum Gasteiger partial charge on any atom is 0.254 e. The third-order valence-corrected chi connectivity index (χ3v) is 7.79. The lowest BCUT2D eigenvalue weighted by atomic mass is 9.88. The van der Waals surface area contributed by atoms with Gasteiger partial charge in [0.05, 0.1) is 11.6 Å². The van der Waals surface area contributed by atoms with Gasteiger partial charge in [-0.05, 0) is 111 Å². The van der Waals surface area contributed by atoms with Gasteiger partial charge in [0.15, 0.2) is 0 Å². The van der Waals surface area contributed by atoms with Crippen molar-refractivity contribution in [2.45, 2.75) is 59.3 Å². The van der Waals surface area contributed by atoms with Crippen molar-refractivity contribution in [3.63, 3.8) is 0 Å². The Morgan fingerprint density at radius 3 is 2.28 bits per heavy atom. The van der Waals surface area contributed by atoms with Crippen LogP contribution in [0.1, 0.15) is 83.6 Å². The number of allylic oxidation sites excluding steroid dienone is 2. The molecule has 0 unspecified atom stereocenters. The average Bonchev–Trinajstić information content (AvgIpc) is 2.92. The molecular weight excluding hydrogens is 446 g/mol. The number of carbonyl (C=O) groups excluding carboxylic acids is 1. The monoisotopic (exact) mass is 483 g/mol. The second kappa shape index (κ2) is 11.7. The molecule has 2 fully saturated rings. The van der Waals surface area contributed by atoms with E-state index in [4.69, 9.17) is 15.0 Å². The number of piperidine rings is 1. The van der Waals surface area contributed by atoms with Crippen LogP contribution < -0.4 is 0 Å². The van der Waals surface area contributed by atoms with Crippen LogP contribution in [0.4, 0.5) is 0 Å². The fraction of sp³-hybridized carbons (Fsp3) is 0.452. The number of aliphatic imine (C=N–C) groups is 1. The average molecular weight is 484 g/mol. The summed E-state index contributed by atoms with van der Waals surface area (Å²) in [7, 11) is 0. The molecule has 5 heteroatoms. The van der Waals surface area contributed by atoms with Crippen LogP contribution in [-0.4, -0.2) is 43.3 Å². The summed E-state index contributed by atoms with van der Waals surface area (Å²) >= 11 is 0. The molecule has 0 N–H and O–H groups in total. The van der Waals surface area contributed by atoms with Gasteiger partial charge in [0.2, 0.25) is 0 Å². The maximum absolute atomic E-state index is 13.6. The van der Waals surface area contributed by atoms with Gasteiger partial charge in [-0.1, -0.05) is 18.2 Å². The number of rotatable bonds is 5. The molecule has 5 nitrogen and oxygen atoms in total. The molecule has 0 radical (unpaired) electrons. The highest BCUT2D eigenvalue weighted by molar-refractivity contribution is 5.97. The standard InChI is InChI=1S/C31H37N3O2/c1-21-17-22(2)30(18-29(21)23(3)24(4)33-20-26-11-15-36-16-12-26)31(35)34-13-9-28(10-14-34)27-7-5-25(19-32)6-8-27/h5-8,17-18,20,26,28H,9-16H2,1-4H3/b24-23+,33-20?. The van der Waals surface area contributed by atoms with Crippen LogP contribution in [0.2, 0.25) is 0 Å². The molecule has 0 saturated carbocycles. The number of hydrogen-bond acceptors (Lipinski definition) is 4. The molecule has 2 aromatic rings. The number of ether oxygens (including phenoxy) is 1. The zero-order chi connectivity index (χ0) is 25.7. The highest BCUT2D eigenvalue weighted by Gasteiger charge is 2.26. The van der Waals surface area contributed by atoms with Crippen LogP contribution in [0.3, 0.4) is 0 Å². The third-order valence-electron chi connectivity index (χ3n) is 7.79. The first-order valence-corrected chi connectivity index (χ1v) is 13.1. The summed E-state index contributed by atoms with van der Waals surface area (Å²) in [5.74, 6) is 1.02. The fourth-order valence-corrected chi connectivity index (χ4v) is 5.28. The third kappa shape index (κ3) is 5.94. The smallest absolute Gasteiger partial charge is 0.254 e. The Morgan fingerprint density at radius 1 is 1.00 bits per heavy atom. The summed E-state index contributed by atoms with van der Waals surface area (Å²) in [6.45, 7) is 11.4. The van der Waals surface area contributed by atoms with Gasteiger partial charge in [-0.25, -0.2) is 0 Å². The van der Waals surface area contributed by atoms with Crippen molar-refractivity contribution in [1.29, 1.82) is 5.26 Å². The normalized spacial score (nSPS) is 18.2. The van der Waals surface area contributed by atoms with Gasteiger partial charge < -0.3 is 9.64 Å². The first-order chi connectivity index (χ1) is 17.4. The van der Waals surface area contributed by atoms with Crippen LogP contribution in [-0.2, 0) is 4.74 Å². The molecule has 0 aliphatic carbocycles. The Labute approximate surface area is 215 Å². The Balaban J connectivity index is 1.48. The van der Waals surface area contributed by atoms with E-state index in [-0.39, 0.29) is 5.91 Å². The lowest BCUT2D eigenvalue weighted by molar-refractivity contribution is 0.0712. The van der Waals surface area contributed by atoms with E-state index in [9.17, 15) is 4.79 Å². The lowest BCUT2D eigenvalue weighted by Gasteiger charge is -2.33. The van der Waals surface area contributed by atoms with Crippen LogP contribution in [0.25, 0.3) is 5.57 Å². The van der Waals surface area contributed by atoms with Gasteiger partial charge in [-0.2, -0.15) is 5.26 Å². The van der Waals surface area contributed by atoms with E-state index in [0.717, 1.165) is 79.9 Å². The minimum atomic E-state index is 0.114. The van der Waals surface area contributed by atoms with Gasteiger partial charge in [0, 0.05) is 43.8 Å². The summed E-state index contributed by atoms with van der Waals surface area (Å²) < 4.78 is 5.45. The number of carbonyl (C=O) groups is 1. The molecule has 2 aromatic carbocycles. The number of benzene rings is 2. The van der Waals surface area contributed by atoms with Crippen molar-refractivity contribution in [3.8, 4) is 6.07 Å². The number of nitriles is 1. The van der Waals surface area contributed by atoms with E-state index < -0.39 is 0 Å². The SMILES string of the molecule is C/C(N=CC1CCOCC1)=C(/C)c1cc(C(=O)N2CCC(c3ccc(C#N)cc3)CC2)c(C)cc1C. The summed E-state index contributed by atoms with van der Waals surface area (Å²) in [6.07, 6.45) is 6.01. The largest absolute Gasteiger partial charge is 0.381 e. The van der Waals surface area contributed by atoms with E-state index in [0.29, 0.717) is 17.4 Å². The number of likely N-dealkylation sites (tertiary alicyclic amines) is 1. The first kappa shape index (κ1) is 25.9. The topological polar surface area (TPSA) is 65.7 Å². The highest BCUT2D eigenvalue weighted by atomic mass is 16.5. The minimum Gasteiger partial charge on any atom is -0.381 e. The molecule has 0 aromatic heterocycles. The Bertz CT molecular complexity index is 1190.